The molecule has 6 rings (SSSR count). The van der Waals surface area contributed by atoms with Gasteiger partial charge in [-0.15, -0.1) is 0 Å². The van der Waals surface area contributed by atoms with Crippen LogP contribution in [0.4, 0.5) is 5.69 Å². The van der Waals surface area contributed by atoms with Crippen LogP contribution in [0, 0.1) is 10.9 Å². The van der Waals surface area contributed by atoms with E-state index in [1.54, 1.807) is 0 Å². The summed E-state index contributed by atoms with van der Waals surface area (Å²) < 4.78 is 11.4. The van der Waals surface area contributed by atoms with E-state index in [4.69, 9.17) is 20.4 Å². The third-order valence-electron chi connectivity index (χ3n) is 8.13. The quantitative estimate of drug-likeness (QED) is 0.213. The highest BCUT2D eigenvalue weighted by molar-refractivity contribution is 5.92. The number of cyclic esters (lactones) is 1. The van der Waals surface area contributed by atoms with Crippen molar-refractivity contribution in [2.75, 3.05) is 44.4 Å². The Balaban J connectivity index is 1.10. The van der Waals surface area contributed by atoms with Crippen molar-refractivity contribution >= 4 is 23.9 Å². The first-order valence-corrected chi connectivity index (χ1v) is 12.8. The lowest BCUT2D eigenvalue weighted by molar-refractivity contribution is -0.141. The van der Waals surface area contributed by atoms with E-state index in [-0.39, 0.29) is 29.9 Å². The molecule has 1 unspecified atom stereocenters. The van der Waals surface area contributed by atoms with Gasteiger partial charge in [-0.05, 0) is 53.3 Å². The minimum atomic E-state index is -0.250. The smallest absolute Gasteiger partial charge is 0.338 e. The molecule has 2 saturated heterocycles. The van der Waals surface area contributed by atoms with Crippen molar-refractivity contribution in [1.29, 1.82) is 10.9 Å². The van der Waals surface area contributed by atoms with Gasteiger partial charge in [0, 0.05) is 32.6 Å². The number of carbonyl (C=O) groups is 2. The predicted molar refractivity (Wildman–Crippen MR) is 135 cm³/mol. The van der Waals surface area contributed by atoms with Crippen molar-refractivity contribution in [3.63, 3.8) is 0 Å². The van der Waals surface area contributed by atoms with E-state index in [0.717, 1.165) is 60.9 Å². The summed E-state index contributed by atoms with van der Waals surface area (Å²) >= 11 is 0. The fourth-order valence-corrected chi connectivity index (χ4v) is 6.12. The number of aryl methyl sites for hydroxylation is 1. The molecule has 1 aliphatic carbocycles. The normalized spacial score (nSPS) is 24.9. The van der Waals surface area contributed by atoms with Gasteiger partial charge in [0.15, 0.2) is 0 Å². The highest BCUT2D eigenvalue weighted by Crippen LogP contribution is 2.37. The number of hydrogen-bond donors (Lipinski definition) is 2. The maximum absolute atomic E-state index is 13.6. The molecule has 2 fully saturated rings. The van der Waals surface area contributed by atoms with E-state index in [0.29, 0.717) is 37.6 Å². The molecular weight excluding hydrogens is 472 g/mol. The minimum absolute atomic E-state index is 0.0476. The highest BCUT2D eigenvalue weighted by atomic mass is 16.5. The van der Waals surface area contributed by atoms with Gasteiger partial charge in [0.2, 0.25) is 5.91 Å². The Hall–Kier alpha value is -3.63. The summed E-state index contributed by atoms with van der Waals surface area (Å²) in [5, 5.41) is 12.0. The minimum Gasteiger partial charge on any atom is -0.462 e. The first-order chi connectivity index (χ1) is 18.1. The molecule has 0 radical (unpaired) electrons. The second-order valence-corrected chi connectivity index (χ2v) is 10.1. The van der Waals surface area contributed by atoms with Gasteiger partial charge in [-0.1, -0.05) is 23.4 Å². The Kier molecular flexibility index (Phi) is 6.21. The van der Waals surface area contributed by atoms with Crippen LogP contribution in [0.3, 0.4) is 0 Å². The SMILES string of the molecule is N=CN(N=N)c1ccc2c(c1)CCC2C(=O)N1CCN2C[C@@H](c3ccc4c(c3)CCOC4=O)OC[C@@H]2C1. The summed E-state index contributed by atoms with van der Waals surface area (Å²) in [6, 6.07) is 11.8. The summed E-state index contributed by atoms with van der Waals surface area (Å²) in [4.78, 5) is 29.9. The third kappa shape index (κ3) is 4.30. The Bertz CT molecular complexity index is 1260. The molecule has 3 aliphatic heterocycles. The second kappa shape index (κ2) is 9.68. The van der Waals surface area contributed by atoms with E-state index in [2.05, 4.69) is 16.2 Å². The monoisotopic (exact) mass is 502 g/mol. The number of rotatable bonds is 5. The molecule has 0 saturated carbocycles. The van der Waals surface area contributed by atoms with Crippen LogP contribution in [-0.4, -0.2) is 73.4 Å². The van der Waals surface area contributed by atoms with Gasteiger partial charge >= 0.3 is 5.97 Å². The number of morpholine rings is 1. The maximum Gasteiger partial charge on any atom is 0.338 e. The fourth-order valence-electron chi connectivity index (χ4n) is 6.12. The first-order valence-electron chi connectivity index (χ1n) is 12.8. The molecule has 1 amide bonds. The summed E-state index contributed by atoms with van der Waals surface area (Å²) in [5.41, 5.74) is 12.8. The van der Waals surface area contributed by atoms with E-state index < -0.39 is 0 Å². The second-order valence-electron chi connectivity index (χ2n) is 10.1. The number of ether oxygens (including phenoxy) is 2. The molecule has 2 aromatic carbocycles. The standard InChI is InChI=1S/C27H30N6O4/c28-16-33(30-29)20-3-6-22-17(12-20)1-5-24(22)26(34)32-9-8-31-14-25(37-15-21(31)13-32)19-2-4-23-18(11-19)7-10-36-27(23)35/h2-4,6,11-12,16,21,24-25,28-29H,1,5,7-10,13-15H2/t21-,24?,25-/m0/s1. The van der Waals surface area contributed by atoms with Gasteiger partial charge in [-0.2, -0.15) is 5.53 Å². The van der Waals surface area contributed by atoms with E-state index >= 15 is 0 Å². The number of fused-ring (bicyclic) bond motifs is 3. The number of hydrogen-bond acceptors (Lipinski definition) is 8. The lowest BCUT2D eigenvalue weighted by Gasteiger charge is -2.46. The topological polar surface area (TPSA) is 122 Å². The molecule has 0 aromatic heterocycles. The van der Waals surface area contributed by atoms with E-state index in [1.807, 2.05) is 35.2 Å². The Morgan fingerprint density at radius 2 is 2.00 bits per heavy atom. The predicted octanol–water partition coefficient (Wildman–Crippen LogP) is 3.07. The van der Waals surface area contributed by atoms with Gasteiger partial charge in [-0.25, -0.2) is 9.80 Å². The average Bonchev–Trinajstić information content (AvgIpc) is 3.36. The summed E-state index contributed by atoms with van der Waals surface area (Å²) in [7, 11) is 0. The molecule has 0 spiro atoms. The molecule has 4 aliphatic rings. The van der Waals surface area contributed by atoms with Gasteiger partial charge in [0.25, 0.3) is 0 Å². The molecule has 3 heterocycles. The maximum atomic E-state index is 13.6. The van der Waals surface area contributed by atoms with Crippen LogP contribution < -0.4 is 5.01 Å². The van der Waals surface area contributed by atoms with Crippen LogP contribution in [0.15, 0.2) is 41.6 Å². The molecule has 0 bridgehead atoms. The molecule has 2 N–H and O–H groups in total. The van der Waals surface area contributed by atoms with Crippen LogP contribution >= 0.6 is 0 Å². The molecule has 10 heteroatoms. The lowest BCUT2D eigenvalue weighted by Crippen LogP contribution is -2.60. The van der Waals surface area contributed by atoms with Crippen LogP contribution in [0.25, 0.3) is 0 Å². The van der Waals surface area contributed by atoms with Crippen molar-refractivity contribution in [2.24, 2.45) is 5.22 Å². The number of nitrogens with zero attached hydrogens (tertiary/aromatic N) is 4. The molecule has 10 nitrogen and oxygen atoms in total. The van der Waals surface area contributed by atoms with E-state index in [1.165, 1.54) is 5.01 Å². The van der Waals surface area contributed by atoms with Crippen molar-refractivity contribution < 1.29 is 19.1 Å². The van der Waals surface area contributed by atoms with Gasteiger partial charge in [0.05, 0.1) is 42.5 Å². The zero-order valence-electron chi connectivity index (χ0n) is 20.6. The summed E-state index contributed by atoms with van der Waals surface area (Å²) in [6.45, 7) is 3.93. The number of piperazine rings is 1. The first kappa shape index (κ1) is 23.7. The third-order valence-corrected chi connectivity index (χ3v) is 8.13. The summed E-state index contributed by atoms with van der Waals surface area (Å²) in [5.74, 6) is -0.236. The lowest BCUT2D eigenvalue weighted by atomic mass is 9.95. The van der Waals surface area contributed by atoms with Gasteiger partial charge in [-0.3, -0.25) is 15.1 Å². The van der Waals surface area contributed by atoms with Gasteiger partial charge < -0.3 is 14.4 Å². The number of esters is 1. The number of nitrogens with one attached hydrogen (secondary N) is 2. The van der Waals surface area contributed by atoms with E-state index in [9.17, 15) is 9.59 Å². The van der Waals surface area contributed by atoms with Gasteiger partial charge in [0.1, 0.15) is 6.34 Å². The number of benzene rings is 2. The Morgan fingerprint density at radius 1 is 1.11 bits per heavy atom. The number of carbonyl (C=O) groups excluding carboxylic acids is 2. The molecule has 2 aromatic rings. The van der Waals surface area contributed by atoms with Crippen molar-refractivity contribution in [3.8, 4) is 0 Å². The molecule has 3 atom stereocenters. The number of anilines is 1. The molecule has 192 valence electrons. The molecule has 37 heavy (non-hydrogen) atoms. The zero-order valence-corrected chi connectivity index (χ0v) is 20.6. The Morgan fingerprint density at radius 3 is 2.84 bits per heavy atom. The fraction of sp³-hybridized carbons (Fsp3) is 0.444. The Labute approximate surface area is 215 Å². The summed E-state index contributed by atoms with van der Waals surface area (Å²) in [6.07, 6.45) is 3.26. The average molecular weight is 503 g/mol. The van der Waals surface area contributed by atoms with Crippen molar-refractivity contribution in [1.82, 2.24) is 9.80 Å². The zero-order chi connectivity index (χ0) is 25.5. The van der Waals surface area contributed by atoms with Crippen LogP contribution in [0.5, 0.6) is 0 Å². The van der Waals surface area contributed by atoms with Crippen molar-refractivity contribution in [3.05, 3.63) is 64.2 Å². The van der Waals surface area contributed by atoms with Crippen LogP contribution in [0.2, 0.25) is 0 Å². The van der Waals surface area contributed by atoms with Crippen LogP contribution in [0.1, 0.15) is 51.1 Å². The number of amides is 1. The molecular formula is C27H30N6O4. The van der Waals surface area contributed by atoms with Crippen molar-refractivity contribution in [2.45, 2.75) is 37.3 Å². The van der Waals surface area contributed by atoms with Crippen LogP contribution in [-0.2, 0) is 27.1 Å². The highest BCUT2D eigenvalue weighted by Gasteiger charge is 2.39. The largest absolute Gasteiger partial charge is 0.462 e.